The van der Waals surface area contributed by atoms with Gasteiger partial charge in [0.15, 0.2) is 5.69 Å². The number of rotatable bonds is 7. The van der Waals surface area contributed by atoms with Gasteiger partial charge in [0, 0.05) is 5.56 Å². The van der Waals surface area contributed by atoms with Crippen molar-refractivity contribution in [2.45, 2.75) is 45.1 Å². The van der Waals surface area contributed by atoms with Crippen LogP contribution in [-0.2, 0) is 0 Å². The number of carbonyl (C=O) groups is 1. The van der Waals surface area contributed by atoms with Crippen LogP contribution in [0.4, 0.5) is 0 Å². The fourth-order valence-electron chi connectivity index (χ4n) is 3.33. The minimum atomic E-state index is -0.332. The molecule has 0 aliphatic heterocycles. The van der Waals surface area contributed by atoms with Crippen molar-refractivity contribution in [2.24, 2.45) is 11.3 Å². The van der Waals surface area contributed by atoms with Crippen LogP contribution in [0, 0.1) is 11.3 Å². The highest BCUT2D eigenvalue weighted by Crippen LogP contribution is 2.63. The Kier molecular flexibility index (Phi) is 4.85. The molecule has 1 spiro atoms. The Morgan fingerprint density at radius 3 is 2.83 bits per heavy atom. The van der Waals surface area contributed by atoms with E-state index in [2.05, 4.69) is 21.6 Å². The molecule has 3 rings (SSSR count). The van der Waals surface area contributed by atoms with Crippen molar-refractivity contribution in [3.05, 3.63) is 23.4 Å². The zero-order valence-corrected chi connectivity index (χ0v) is 14.3. The number of nitrogens with zero attached hydrogens (tertiary/aromatic N) is 2. The molecule has 1 amide bonds. The van der Waals surface area contributed by atoms with Crippen LogP contribution >= 0.6 is 0 Å². The summed E-state index contributed by atoms with van der Waals surface area (Å²) in [6.45, 7) is 1.81. The minimum absolute atomic E-state index is 0.0952. The summed E-state index contributed by atoms with van der Waals surface area (Å²) < 4.78 is 5.24. The van der Waals surface area contributed by atoms with Crippen molar-refractivity contribution in [1.29, 1.82) is 0 Å². The lowest BCUT2D eigenvalue weighted by molar-refractivity contribution is 0.0908. The normalized spacial score (nSPS) is 20.0. The third-order valence-electron chi connectivity index (χ3n) is 5.16. The molecular weight excluding hydrogens is 306 g/mol. The monoisotopic (exact) mass is 331 g/mol. The highest BCUT2D eigenvalue weighted by molar-refractivity contribution is 5.93. The first-order valence-corrected chi connectivity index (χ1v) is 8.61. The molecule has 2 aliphatic rings. The molecule has 1 atom stereocenters. The number of amides is 1. The van der Waals surface area contributed by atoms with Gasteiger partial charge in [-0.15, -0.1) is 10.2 Å². The smallest absolute Gasteiger partial charge is 0.272 e. The van der Waals surface area contributed by atoms with Gasteiger partial charge in [-0.3, -0.25) is 4.79 Å². The number of aromatic nitrogens is 2. The lowest BCUT2D eigenvalue weighted by atomic mass is 9.72. The van der Waals surface area contributed by atoms with E-state index in [1.807, 2.05) is 13.0 Å². The summed E-state index contributed by atoms with van der Waals surface area (Å²) in [6, 6.07) is 1.41. The molecular formula is C18H25N3O3. The van der Waals surface area contributed by atoms with E-state index in [-0.39, 0.29) is 24.2 Å². The molecule has 24 heavy (non-hydrogen) atoms. The minimum Gasteiger partial charge on any atom is -0.479 e. The summed E-state index contributed by atoms with van der Waals surface area (Å²) in [5.74, 6) is 0.695. The van der Waals surface area contributed by atoms with E-state index >= 15 is 0 Å². The Morgan fingerprint density at radius 1 is 1.50 bits per heavy atom. The van der Waals surface area contributed by atoms with Crippen LogP contribution in [0.2, 0.25) is 0 Å². The fraction of sp³-hybridized carbons (Fsp3) is 0.611. The molecule has 2 N–H and O–H groups in total. The largest absolute Gasteiger partial charge is 0.479 e. The predicted molar refractivity (Wildman–Crippen MR) is 90.6 cm³/mol. The molecule has 1 unspecified atom stereocenters. The topological polar surface area (TPSA) is 84.3 Å². The van der Waals surface area contributed by atoms with E-state index in [9.17, 15) is 9.90 Å². The fourth-order valence-corrected chi connectivity index (χ4v) is 3.33. The zero-order chi connectivity index (χ0) is 17.2. The van der Waals surface area contributed by atoms with E-state index in [1.165, 1.54) is 25.7 Å². The Labute approximate surface area is 142 Å². The van der Waals surface area contributed by atoms with Gasteiger partial charge in [0.05, 0.1) is 19.8 Å². The van der Waals surface area contributed by atoms with E-state index in [4.69, 9.17) is 4.74 Å². The lowest BCUT2D eigenvalue weighted by Gasteiger charge is -2.33. The number of hydrogen-bond donors (Lipinski definition) is 2. The van der Waals surface area contributed by atoms with Crippen LogP contribution in [0.3, 0.4) is 0 Å². The summed E-state index contributed by atoms with van der Waals surface area (Å²) in [7, 11) is 1.54. The third-order valence-corrected chi connectivity index (χ3v) is 5.16. The number of methoxy groups -OCH3 is 1. The van der Waals surface area contributed by atoms with Crippen LogP contribution in [0.25, 0.3) is 6.08 Å². The van der Waals surface area contributed by atoms with Crippen molar-refractivity contribution in [3.8, 4) is 5.88 Å². The quantitative estimate of drug-likeness (QED) is 0.800. The summed E-state index contributed by atoms with van der Waals surface area (Å²) in [6.07, 6.45) is 10.1. The predicted octanol–water partition coefficient (Wildman–Crippen LogP) is 2.19. The van der Waals surface area contributed by atoms with E-state index in [1.54, 1.807) is 13.2 Å². The van der Waals surface area contributed by atoms with Gasteiger partial charge in [0.1, 0.15) is 0 Å². The zero-order valence-electron chi connectivity index (χ0n) is 14.3. The van der Waals surface area contributed by atoms with Gasteiger partial charge in [0.2, 0.25) is 5.88 Å². The van der Waals surface area contributed by atoms with Crippen molar-refractivity contribution >= 4 is 12.0 Å². The molecule has 1 heterocycles. The molecule has 0 aromatic carbocycles. The molecule has 0 bridgehead atoms. The molecule has 2 saturated carbocycles. The molecule has 6 nitrogen and oxygen atoms in total. The van der Waals surface area contributed by atoms with Crippen molar-refractivity contribution in [2.75, 3.05) is 13.7 Å². The lowest BCUT2D eigenvalue weighted by Crippen LogP contribution is -2.37. The summed E-state index contributed by atoms with van der Waals surface area (Å²) >= 11 is 0. The number of hydrogen-bond acceptors (Lipinski definition) is 5. The first kappa shape index (κ1) is 16.9. The standard InChI is InChI=1S/C18H25N3O3/c1-3-14(11-22)19-16(23)15-8-13(17(24-2)21-20-15)5-4-12-9-18(10-12)6-7-18/h4-5,8,12,14,22H,3,6-7,9-11H2,1-2H3,(H,19,23)/b5-4+. The Balaban J connectivity index is 1.70. The SMILES string of the molecule is CCC(CO)NC(=O)c1cc(/C=C/C2CC3(CC3)C2)c(OC)nn1. The van der Waals surface area contributed by atoms with Gasteiger partial charge in [-0.2, -0.15) is 0 Å². The number of nitrogens with one attached hydrogen (secondary N) is 1. The maximum Gasteiger partial charge on any atom is 0.272 e. The van der Waals surface area contributed by atoms with Crippen LogP contribution in [0.15, 0.2) is 12.1 Å². The van der Waals surface area contributed by atoms with Gasteiger partial charge >= 0.3 is 0 Å². The Bertz CT molecular complexity index is 628. The number of allylic oxidation sites excluding steroid dienone is 1. The first-order chi connectivity index (χ1) is 11.6. The van der Waals surface area contributed by atoms with Crippen LogP contribution in [-0.4, -0.2) is 41.0 Å². The maximum absolute atomic E-state index is 12.2. The van der Waals surface area contributed by atoms with Crippen molar-refractivity contribution < 1.29 is 14.6 Å². The van der Waals surface area contributed by atoms with E-state index in [0.29, 0.717) is 23.6 Å². The summed E-state index contributed by atoms with van der Waals surface area (Å²) in [5, 5.41) is 19.9. The summed E-state index contributed by atoms with van der Waals surface area (Å²) in [4.78, 5) is 12.2. The Morgan fingerprint density at radius 2 is 2.25 bits per heavy atom. The molecule has 6 heteroatoms. The molecule has 1 aromatic heterocycles. The number of aliphatic hydroxyl groups is 1. The molecule has 0 saturated heterocycles. The van der Waals surface area contributed by atoms with Gasteiger partial charge < -0.3 is 15.2 Å². The number of aliphatic hydroxyl groups excluding tert-OH is 1. The van der Waals surface area contributed by atoms with Gasteiger partial charge in [-0.1, -0.05) is 19.1 Å². The van der Waals surface area contributed by atoms with Gasteiger partial charge in [0.25, 0.3) is 5.91 Å². The molecule has 1 aromatic rings. The molecule has 0 radical (unpaired) electrons. The average molecular weight is 331 g/mol. The molecule has 130 valence electrons. The number of carbonyl (C=O) groups excluding carboxylic acids is 1. The van der Waals surface area contributed by atoms with Crippen molar-refractivity contribution in [1.82, 2.24) is 15.5 Å². The first-order valence-electron chi connectivity index (χ1n) is 8.61. The number of ether oxygens (including phenoxy) is 1. The highest BCUT2D eigenvalue weighted by Gasteiger charge is 2.51. The maximum atomic E-state index is 12.2. The van der Waals surface area contributed by atoms with E-state index < -0.39 is 0 Å². The van der Waals surface area contributed by atoms with Gasteiger partial charge in [-0.05, 0) is 49.5 Å². The molecule has 2 fully saturated rings. The third kappa shape index (κ3) is 3.59. The second-order valence-corrected chi connectivity index (χ2v) is 6.98. The van der Waals surface area contributed by atoms with Gasteiger partial charge in [-0.25, -0.2) is 0 Å². The Hall–Kier alpha value is -1.95. The second-order valence-electron chi connectivity index (χ2n) is 6.98. The van der Waals surface area contributed by atoms with E-state index in [0.717, 1.165) is 5.56 Å². The second kappa shape index (κ2) is 6.89. The van der Waals surface area contributed by atoms with Crippen LogP contribution in [0.5, 0.6) is 5.88 Å². The van der Waals surface area contributed by atoms with Crippen molar-refractivity contribution in [3.63, 3.8) is 0 Å². The average Bonchev–Trinajstić information content (AvgIpc) is 3.37. The van der Waals surface area contributed by atoms with Crippen LogP contribution < -0.4 is 10.1 Å². The molecule has 2 aliphatic carbocycles. The summed E-state index contributed by atoms with van der Waals surface area (Å²) in [5.41, 5.74) is 1.65. The van der Waals surface area contributed by atoms with Crippen LogP contribution in [0.1, 0.15) is 55.1 Å². The highest BCUT2D eigenvalue weighted by atomic mass is 16.5.